The third kappa shape index (κ3) is 4.47. The molecular formula is C21H30N2O3. The Morgan fingerprint density at radius 3 is 2.42 bits per heavy atom. The molecule has 3 rings (SSSR count). The number of rotatable bonds is 6. The second-order valence-electron chi connectivity index (χ2n) is 7.46. The first-order valence-corrected chi connectivity index (χ1v) is 9.38. The summed E-state index contributed by atoms with van der Waals surface area (Å²) in [5, 5.41) is 19.5. The van der Waals surface area contributed by atoms with Crippen molar-refractivity contribution in [1.82, 2.24) is 9.80 Å². The van der Waals surface area contributed by atoms with Crippen molar-refractivity contribution < 1.29 is 14.6 Å². The minimum absolute atomic E-state index is 0.198. The Labute approximate surface area is 155 Å². The van der Waals surface area contributed by atoms with E-state index in [4.69, 9.17) is 4.42 Å². The molecule has 1 aromatic carbocycles. The van der Waals surface area contributed by atoms with Gasteiger partial charge in [-0.05, 0) is 56.0 Å². The smallest absolute Gasteiger partial charge is 0.121 e. The number of phenols is 1. The van der Waals surface area contributed by atoms with Crippen molar-refractivity contribution in [2.24, 2.45) is 0 Å². The van der Waals surface area contributed by atoms with Gasteiger partial charge in [0.05, 0.1) is 6.54 Å². The Hall–Kier alpha value is -1.82. The summed E-state index contributed by atoms with van der Waals surface area (Å²) in [5.41, 5.74) is 3.09. The Morgan fingerprint density at radius 2 is 1.81 bits per heavy atom. The molecule has 5 heteroatoms. The SMILES string of the molecule is Cc1ccc(CN2CCN(Cc3cc(C)c(O)c(C)c3)C[C@H]2CCO)o1. The molecule has 0 radical (unpaired) electrons. The van der Waals surface area contributed by atoms with Crippen molar-refractivity contribution >= 4 is 0 Å². The van der Waals surface area contributed by atoms with Gasteiger partial charge in [-0.25, -0.2) is 0 Å². The van der Waals surface area contributed by atoms with Crippen LogP contribution in [0.2, 0.25) is 0 Å². The molecule has 1 aliphatic rings. The van der Waals surface area contributed by atoms with Crippen LogP contribution in [0.5, 0.6) is 5.75 Å². The normalized spacial score (nSPS) is 19.2. The third-order valence-electron chi connectivity index (χ3n) is 5.26. The van der Waals surface area contributed by atoms with Crippen LogP contribution in [0.3, 0.4) is 0 Å². The Balaban J connectivity index is 1.65. The number of piperazine rings is 1. The highest BCUT2D eigenvalue weighted by molar-refractivity contribution is 5.42. The molecule has 1 aromatic heterocycles. The monoisotopic (exact) mass is 358 g/mol. The van der Waals surface area contributed by atoms with Gasteiger partial charge in [-0.15, -0.1) is 0 Å². The van der Waals surface area contributed by atoms with Crippen molar-refractivity contribution in [3.63, 3.8) is 0 Å². The maximum atomic E-state index is 9.97. The van der Waals surface area contributed by atoms with Gasteiger partial charge in [0.2, 0.25) is 0 Å². The molecule has 0 aliphatic carbocycles. The zero-order valence-electron chi connectivity index (χ0n) is 16.0. The lowest BCUT2D eigenvalue weighted by molar-refractivity contribution is 0.0454. The molecule has 5 nitrogen and oxygen atoms in total. The van der Waals surface area contributed by atoms with Crippen molar-refractivity contribution in [1.29, 1.82) is 0 Å². The van der Waals surface area contributed by atoms with Gasteiger partial charge < -0.3 is 14.6 Å². The highest BCUT2D eigenvalue weighted by atomic mass is 16.3. The van der Waals surface area contributed by atoms with E-state index in [1.54, 1.807) is 0 Å². The fraction of sp³-hybridized carbons (Fsp3) is 0.524. The minimum atomic E-state index is 0.198. The summed E-state index contributed by atoms with van der Waals surface area (Å²) >= 11 is 0. The van der Waals surface area contributed by atoms with E-state index in [2.05, 4.69) is 21.9 Å². The number of phenolic OH excluding ortho intramolecular Hbond substituents is 1. The molecule has 142 valence electrons. The van der Waals surface area contributed by atoms with Gasteiger partial charge in [0.25, 0.3) is 0 Å². The molecule has 1 aliphatic heterocycles. The van der Waals surface area contributed by atoms with Crippen molar-refractivity contribution in [2.45, 2.75) is 46.3 Å². The average molecular weight is 358 g/mol. The number of nitrogens with zero attached hydrogens (tertiary/aromatic N) is 2. The second kappa shape index (κ2) is 8.25. The highest BCUT2D eigenvalue weighted by Gasteiger charge is 2.27. The molecular weight excluding hydrogens is 328 g/mol. The van der Waals surface area contributed by atoms with Crippen LogP contribution >= 0.6 is 0 Å². The van der Waals surface area contributed by atoms with E-state index in [-0.39, 0.29) is 6.61 Å². The molecule has 1 saturated heterocycles. The van der Waals surface area contributed by atoms with E-state index in [0.29, 0.717) is 11.8 Å². The largest absolute Gasteiger partial charge is 0.507 e. The van der Waals surface area contributed by atoms with Crippen LogP contribution < -0.4 is 0 Å². The van der Waals surface area contributed by atoms with Gasteiger partial charge in [0, 0.05) is 38.8 Å². The first-order chi connectivity index (χ1) is 12.5. The number of aliphatic hydroxyl groups is 1. The molecule has 1 atom stereocenters. The Morgan fingerprint density at radius 1 is 1.08 bits per heavy atom. The van der Waals surface area contributed by atoms with Crippen LogP contribution in [-0.4, -0.2) is 52.3 Å². The second-order valence-corrected chi connectivity index (χ2v) is 7.46. The van der Waals surface area contributed by atoms with Crippen LogP contribution in [0.1, 0.15) is 34.6 Å². The standard InChI is InChI=1S/C21H30N2O3/c1-15-10-18(11-16(2)21(15)25)12-22-7-8-23(19(13-22)6-9-24)14-20-5-4-17(3)26-20/h4-5,10-11,19,24-25H,6-9,12-14H2,1-3H3/t19-/m1/s1. The summed E-state index contributed by atoms with van der Waals surface area (Å²) in [4.78, 5) is 4.85. The van der Waals surface area contributed by atoms with Gasteiger partial charge >= 0.3 is 0 Å². The van der Waals surface area contributed by atoms with Crippen molar-refractivity contribution in [3.8, 4) is 5.75 Å². The number of aliphatic hydroxyl groups excluding tert-OH is 1. The molecule has 2 aromatic rings. The lowest BCUT2D eigenvalue weighted by atomic mass is 10.0. The molecule has 0 saturated carbocycles. The van der Waals surface area contributed by atoms with Crippen LogP contribution in [0.25, 0.3) is 0 Å². The van der Waals surface area contributed by atoms with Crippen LogP contribution in [0, 0.1) is 20.8 Å². The molecule has 0 spiro atoms. The zero-order valence-corrected chi connectivity index (χ0v) is 16.0. The van der Waals surface area contributed by atoms with Crippen molar-refractivity contribution in [3.05, 3.63) is 52.5 Å². The van der Waals surface area contributed by atoms with Gasteiger partial charge in [-0.2, -0.15) is 0 Å². The number of furan rings is 1. The summed E-state index contributed by atoms with van der Waals surface area (Å²) in [5.74, 6) is 2.32. The van der Waals surface area contributed by atoms with E-state index in [0.717, 1.165) is 61.8 Å². The molecule has 2 heterocycles. The van der Waals surface area contributed by atoms with Crippen LogP contribution in [0.15, 0.2) is 28.7 Å². The number of aryl methyl sites for hydroxylation is 3. The molecule has 26 heavy (non-hydrogen) atoms. The number of hydrogen-bond donors (Lipinski definition) is 2. The van der Waals surface area contributed by atoms with Crippen LogP contribution in [0.4, 0.5) is 0 Å². The average Bonchev–Trinajstić information content (AvgIpc) is 3.00. The summed E-state index contributed by atoms with van der Waals surface area (Å²) in [6.07, 6.45) is 0.768. The number of benzene rings is 1. The molecule has 0 amide bonds. The molecule has 0 bridgehead atoms. The van der Waals surface area contributed by atoms with Crippen molar-refractivity contribution in [2.75, 3.05) is 26.2 Å². The first kappa shape index (κ1) is 19.0. The van der Waals surface area contributed by atoms with Gasteiger partial charge in [-0.1, -0.05) is 12.1 Å². The molecule has 2 N–H and O–H groups in total. The van der Waals surface area contributed by atoms with E-state index in [9.17, 15) is 10.2 Å². The van der Waals surface area contributed by atoms with E-state index in [1.165, 1.54) is 5.56 Å². The number of hydrogen-bond acceptors (Lipinski definition) is 5. The van der Waals surface area contributed by atoms with Crippen LogP contribution in [-0.2, 0) is 13.1 Å². The maximum absolute atomic E-state index is 9.97. The topological polar surface area (TPSA) is 60.1 Å². The summed E-state index contributed by atoms with van der Waals surface area (Å²) < 4.78 is 5.73. The molecule has 1 fully saturated rings. The lowest BCUT2D eigenvalue weighted by Crippen LogP contribution is -2.52. The summed E-state index contributed by atoms with van der Waals surface area (Å²) in [7, 11) is 0. The van der Waals surface area contributed by atoms with Gasteiger partial charge in [0.1, 0.15) is 17.3 Å². The highest BCUT2D eigenvalue weighted by Crippen LogP contribution is 2.25. The fourth-order valence-corrected chi connectivity index (χ4v) is 3.90. The quantitative estimate of drug-likeness (QED) is 0.831. The first-order valence-electron chi connectivity index (χ1n) is 9.38. The molecule has 0 unspecified atom stereocenters. The number of aromatic hydroxyl groups is 1. The summed E-state index contributed by atoms with van der Waals surface area (Å²) in [6, 6.07) is 8.50. The summed E-state index contributed by atoms with van der Waals surface area (Å²) in [6.45, 7) is 10.6. The predicted molar refractivity (Wildman–Crippen MR) is 102 cm³/mol. The maximum Gasteiger partial charge on any atom is 0.121 e. The van der Waals surface area contributed by atoms with E-state index in [1.807, 2.05) is 32.9 Å². The van der Waals surface area contributed by atoms with E-state index >= 15 is 0 Å². The predicted octanol–water partition coefficient (Wildman–Crippen LogP) is 2.98. The third-order valence-corrected chi connectivity index (χ3v) is 5.26. The van der Waals surface area contributed by atoms with E-state index < -0.39 is 0 Å². The lowest BCUT2D eigenvalue weighted by Gasteiger charge is -2.41. The Bertz CT molecular complexity index is 718. The minimum Gasteiger partial charge on any atom is -0.507 e. The van der Waals surface area contributed by atoms with Gasteiger partial charge in [-0.3, -0.25) is 9.80 Å². The fourth-order valence-electron chi connectivity index (χ4n) is 3.90. The van der Waals surface area contributed by atoms with Gasteiger partial charge in [0.15, 0.2) is 0 Å². The Kier molecular flexibility index (Phi) is 6.01. The zero-order chi connectivity index (χ0) is 18.7.